The van der Waals surface area contributed by atoms with Gasteiger partial charge in [-0.25, -0.2) is 0 Å². The maximum absolute atomic E-state index is 4.86. The van der Waals surface area contributed by atoms with E-state index >= 15 is 0 Å². The average molecular weight is 184 g/mol. The summed E-state index contributed by atoms with van der Waals surface area (Å²) >= 11 is 3.78. The Balaban J connectivity index is 2.84. The third-order valence-corrected chi connectivity index (χ3v) is 2.54. The van der Waals surface area contributed by atoms with Crippen molar-refractivity contribution >= 4 is 12.9 Å². The van der Waals surface area contributed by atoms with Crippen molar-refractivity contribution in [3.05, 3.63) is 22.8 Å². The second kappa shape index (κ2) is 4.15. The van der Waals surface area contributed by atoms with Gasteiger partial charge in [0.05, 0.1) is 6.61 Å². The summed E-state index contributed by atoms with van der Waals surface area (Å²) in [5, 5.41) is 0. The molecule has 0 fully saturated rings. The first-order valence-electron chi connectivity index (χ1n) is 4.28. The highest BCUT2D eigenvalue weighted by Crippen LogP contribution is 2.29. The highest BCUT2D eigenvalue weighted by molar-refractivity contribution is 7.75. The zero-order valence-corrected chi connectivity index (χ0v) is 8.82. The minimum atomic E-state index is 0.613. The molecule has 0 aromatic rings. The molecule has 0 saturated carbocycles. The van der Waals surface area contributed by atoms with Crippen molar-refractivity contribution < 1.29 is 4.18 Å². The van der Waals surface area contributed by atoms with Crippen LogP contribution in [0.4, 0.5) is 0 Å². The second-order valence-corrected chi connectivity index (χ2v) is 3.84. The van der Waals surface area contributed by atoms with Crippen LogP contribution in [0.2, 0.25) is 0 Å². The smallest absolute Gasteiger partial charge is 0.0829 e. The van der Waals surface area contributed by atoms with Crippen LogP contribution in [0.1, 0.15) is 27.2 Å². The number of hydrogen-bond acceptors (Lipinski definition) is 2. The molecule has 1 aliphatic carbocycles. The number of thiol groups is 1. The van der Waals surface area contributed by atoms with Crippen LogP contribution in [-0.4, -0.2) is 6.61 Å². The van der Waals surface area contributed by atoms with Crippen molar-refractivity contribution in [2.45, 2.75) is 27.2 Å². The largest absolute Gasteiger partial charge is 0.314 e. The fraction of sp³-hybridized carbons (Fsp3) is 0.600. The molecule has 12 heavy (non-hydrogen) atoms. The molecule has 1 aliphatic rings. The third-order valence-electron chi connectivity index (χ3n) is 2.41. The first kappa shape index (κ1) is 9.87. The molecule has 0 spiro atoms. The highest BCUT2D eigenvalue weighted by atomic mass is 32.1. The Bertz CT molecular complexity index is 228. The van der Waals surface area contributed by atoms with Crippen LogP contribution in [0.3, 0.4) is 0 Å². The lowest BCUT2D eigenvalue weighted by molar-refractivity contribution is 0.396. The monoisotopic (exact) mass is 184 g/mol. The van der Waals surface area contributed by atoms with Crippen LogP contribution in [0.25, 0.3) is 0 Å². The zero-order valence-electron chi connectivity index (χ0n) is 7.92. The lowest BCUT2D eigenvalue weighted by Gasteiger charge is -2.22. The summed E-state index contributed by atoms with van der Waals surface area (Å²) in [6.07, 6.45) is 3.39. The molecule has 1 unspecified atom stereocenters. The van der Waals surface area contributed by atoms with Crippen LogP contribution in [0.5, 0.6) is 0 Å². The van der Waals surface area contributed by atoms with Crippen molar-refractivity contribution in [1.82, 2.24) is 0 Å². The van der Waals surface area contributed by atoms with Gasteiger partial charge in [-0.1, -0.05) is 18.6 Å². The average Bonchev–Trinajstić information content (AvgIpc) is 1.96. The SMILES string of the molecule is CC1=CC(C)=C(COS)C(C)C1. The fourth-order valence-corrected chi connectivity index (χ4v) is 1.98. The van der Waals surface area contributed by atoms with E-state index in [0.29, 0.717) is 12.5 Å². The van der Waals surface area contributed by atoms with E-state index in [-0.39, 0.29) is 0 Å². The van der Waals surface area contributed by atoms with Crippen molar-refractivity contribution in [2.24, 2.45) is 5.92 Å². The number of rotatable bonds is 2. The number of allylic oxidation sites excluding steroid dienone is 3. The Morgan fingerprint density at radius 1 is 1.58 bits per heavy atom. The van der Waals surface area contributed by atoms with E-state index in [1.165, 1.54) is 16.7 Å². The lowest BCUT2D eigenvalue weighted by Crippen LogP contribution is -2.10. The fourth-order valence-electron chi connectivity index (χ4n) is 1.84. The molecule has 0 aromatic heterocycles. The van der Waals surface area contributed by atoms with E-state index in [1.807, 2.05) is 0 Å². The summed E-state index contributed by atoms with van der Waals surface area (Å²) in [4.78, 5) is 0. The van der Waals surface area contributed by atoms with Crippen molar-refractivity contribution in [2.75, 3.05) is 6.61 Å². The van der Waals surface area contributed by atoms with Crippen LogP contribution in [0, 0.1) is 5.92 Å². The lowest BCUT2D eigenvalue weighted by atomic mass is 9.86. The summed E-state index contributed by atoms with van der Waals surface area (Å²) in [5.41, 5.74) is 4.19. The molecule has 0 bridgehead atoms. The predicted octanol–water partition coefficient (Wildman–Crippen LogP) is 3.15. The molecule has 0 saturated heterocycles. The summed E-state index contributed by atoms with van der Waals surface area (Å²) in [5.74, 6) is 0.613. The molecule has 0 amide bonds. The van der Waals surface area contributed by atoms with Crippen LogP contribution in [0.15, 0.2) is 22.8 Å². The molecule has 2 heteroatoms. The normalized spacial score (nSPS) is 24.3. The third kappa shape index (κ3) is 2.14. The van der Waals surface area contributed by atoms with E-state index in [0.717, 1.165) is 6.42 Å². The first-order chi connectivity index (χ1) is 5.65. The Morgan fingerprint density at radius 2 is 2.25 bits per heavy atom. The summed E-state index contributed by atoms with van der Waals surface area (Å²) < 4.78 is 4.86. The van der Waals surface area contributed by atoms with Gasteiger partial charge in [-0.05, 0) is 50.2 Å². The van der Waals surface area contributed by atoms with Crippen LogP contribution in [-0.2, 0) is 4.18 Å². The summed E-state index contributed by atoms with van der Waals surface area (Å²) in [7, 11) is 0. The molecular formula is C10H16OS. The van der Waals surface area contributed by atoms with Crippen molar-refractivity contribution in [3.8, 4) is 0 Å². The molecule has 0 aromatic carbocycles. The minimum Gasteiger partial charge on any atom is -0.314 e. The van der Waals surface area contributed by atoms with Gasteiger partial charge in [-0.2, -0.15) is 0 Å². The van der Waals surface area contributed by atoms with Gasteiger partial charge in [0.15, 0.2) is 0 Å². The molecule has 0 aliphatic heterocycles. The minimum absolute atomic E-state index is 0.613. The topological polar surface area (TPSA) is 9.23 Å². The molecule has 1 atom stereocenters. The zero-order chi connectivity index (χ0) is 9.14. The van der Waals surface area contributed by atoms with Gasteiger partial charge in [0.2, 0.25) is 0 Å². The van der Waals surface area contributed by atoms with Gasteiger partial charge in [-0.15, -0.1) is 0 Å². The Kier molecular flexibility index (Phi) is 3.41. The molecule has 1 nitrogen and oxygen atoms in total. The maximum Gasteiger partial charge on any atom is 0.0829 e. The quantitative estimate of drug-likeness (QED) is 0.512. The van der Waals surface area contributed by atoms with Crippen LogP contribution >= 0.6 is 12.9 Å². The molecular weight excluding hydrogens is 168 g/mol. The van der Waals surface area contributed by atoms with E-state index < -0.39 is 0 Å². The van der Waals surface area contributed by atoms with Gasteiger partial charge >= 0.3 is 0 Å². The Labute approximate surface area is 80.1 Å². The van der Waals surface area contributed by atoms with Crippen molar-refractivity contribution in [1.29, 1.82) is 0 Å². The van der Waals surface area contributed by atoms with Gasteiger partial charge < -0.3 is 4.18 Å². The second-order valence-electron chi connectivity index (χ2n) is 3.58. The molecule has 68 valence electrons. The first-order valence-corrected chi connectivity index (χ1v) is 4.65. The van der Waals surface area contributed by atoms with E-state index in [1.54, 1.807) is 0 Å². The van der Waals surface area contributed by atoms with E-state index in [4.69, 9.17) is 4.18 Å². The summed E-state index contributed by atoms with van der Waals surface area (Å²) in [6.45, 7) is 7.21. The highest BCUT2D eigenvalue weighted by Gasteiger charge is 2.15. The van der Waals surface area contributed by atoms with Crippen LogP contribution < -0.4 is 0 Å². The van der Waals surface area contributed by atoms with E-state index in [9.17, 15) is 0 Å². The van der Waals surface area contributed by atoms with Crippen molar-refractivity contribution in [3.63, 3.8) is 0 Å². The molecule has 0 N–H and O–H groups in total. The van der Waals surface area contributed by atoms with E-state index in [2.05, 4.69) is 39.8 Å². The summed E-state index contributed by atoms with van der Waals surface area (Å²) in [6, 6.07) is 0. The van der Waals surface area contributed by atoms with Gasteiger partial charge in [0, 0.05) is 0 Å². The van der Waals surface area contributed by atoms with Gasteiger partial charge in [-0.3, -0.25) is 0 Å². The predicted molar refractivity (Wildman–Crippen MR) is 55.2 cm³/mol. The van der Waals surface area contributed by atoms with Gasteiger partial charge in [0.25, 0.3) is 0 Å². The maximum atomic E-state index is 4.86. The Morgan fingerprint density at radius 3 is 2.75 bits per heavy atom. The Hall–Kier alpha value is -0.210. The standard InChI is InChI=1S/C10H16OS/c1-7-4-8(2)10(6-11-12)9(3)5-7/h4,9,12H,5-6H2,1-3H3. The molecule has 1 rings (SSSR count). The number of hydrogen-bond donors (Lipinski definition) is 1. The molecule has 0 heterocycles. The van der Waals surface area contributed by atoms with Gasteiger partial charge in [0.1, 0.15) is 0 Å². The molecule has 0 radical (unpaired) electrons.